The lowest BCUT2D eigenvalue weighted by atomic mass is 10.0. The van der Waals surface area contributed by atoms with Gasteiger partial charge in [0.2, 0.25) is 0 Å². The molecule has 1 N–H and O–H groups in total. The Morgan fingerprint density at radius 1 is 0.909 bits per heavy atom. The summed E-state index contributed by atoms with van der Waals surface area (Å²) in [5, 5.41) is 19.4. The molecule has 1 aliphatic rings. The molecule has 0 saturated carbocycles. The summed E-state index contributed by atoms with van der Waals surface area (Å²) in [5.41, 5.74) is 1.90. The summed E-state index contributed by atoms with van der Waals surface area (Å²) in [7, 11) is 0. The molecule has 8 nitrogen and oxygen atoms in total. The molecule has 0 aliphatic carbocycles. The van der Waals surface area contributed by atoms with Gasteiger partial charge in [0.1, 0.15) is 17.5 Å². The first-order valence-corrected chi connectivity index (χ1v) is 15.3. The number of carbonyl (C=O) groups excluding carboxylic acids is 2. The minimum absolute atomic E-state index is 0.0696. The second-order valence-corrected chi connectivity index (χ2v) is 11.6. The third-order valence-electron chi connectivity index (χ3n) is 6.86. The summed E-state index contributed by atoms with van der Waals surface area (Å²) < 4.78 is 43.1. The number of nitrogens with one attached hydrogen (secondary N) is 1. The molecule has 1 atom stereocenters. The van der Waals surface area contributed by atoms with Gasteiger partial charge in [0, 0.05) is 12.1 Å². The van der Waals surface area contributed by atoms with E-state index in [1.807, 2.05) is 17.5 Å². The maximum absolute atomic E-state index is 14.1. The maximum atomic E-state index is 14.1. The highest BCUT2D eigenvalue weighted by Crippen LogP contribution is 2.35. The Morgan fingerprint density at radius 2 is 1.64 bits per heavy atom. The standard InChI is InChI=1S/C31H23F3N6O2S2/c32-20-9-7-19(8-10-20)26-16-25(27-6-3-15-43-27)38-40(26)29(41)18-44-31-37-36-28(39(31)22-13-11-21(33)12-14-22)17-35-30(42)23-4-1-2-5-24(23)34/h1-15,26H,16-18H2,(H,35,42)/t26-/m0/s1. The Balaban J connectivity index is 1.24. The van der Waals surface area contributed by atoms with E-state index in [1.54, 1.807) is 22.8 Å². The van der Waals surface area contributed by atoms with Gasteiger partial charge < -0.3 is 5.32 Å². The monoisotopic (exact) mass is 632 g/mol. The first-order chi connectivity index (χ1) is 21.4. The number of halogens is 3. The van der Waals surface area contributed by atoms with E-state index in [2.05, 4.69) is 20.6 Å². The van der Waals surface area contributed by atoms with Gasteiger partial charge in [0.25, 0.3) is 11.8 Å². The number of aromatic nitrogens is 3. The molecular weight excluding hydrogens is 610 g/mol. The summed E-state index contributed by atoms with van der Waals surface area (Å²) in [6.07, 6.45) is 0.472. The third-order valence-corrected chi connectivity index (χ3v) is 8.69. The van der Waals surface area contributed by atoms with E-state index >= 15 is 0 Å². The highest BCUT2D eigenvalue weighted by molar-refractivity contribution is 7.99. The molecule has 222 valence electrons. The van der Waals surface area contributed by atoms with Crippen LogP contribution in [0.3, 0.4) is 0 Å². The van der Waals surface area contributed by atoms with Crippen LogP contribution in [0.5, 0.6) is 0 Å². The molecule has 0 radical (unpaired) electrons. The smallest absolute Gasteiger partial charge is 0.254 e. The summed E-state index contributed by atoms with van der Waals surface area (Å²) >= 11 is 2.62. The SMILES string of the molecule is O=C(NCc1nnc(SCC(=O)N2N=C(c3cccs3)C[C@H]2c2ccc(F)cc2)n1-c1ccc(F)cc1)c1ccccc1F. The van der Waals surface area contributed by atoms with Crippen molar-refractivity contribution in [2.24, 2.45) is 5.10 Å². The Morgan fingerprint density at radius 3 is 2.34 bits per heavy atom. The van der Waals surface area contributed by atoms with E-state index in [-0.39, 0.29) is 29.6 Å². The Kier molecular flexibility index (Phi) is 8.57. The number of carbonyl (C=O) groups is 2. The summed E-state index contributed by atoms with van der Waals surface area (Å²) in [6.45, 7) is -0.112. The van der Waals surface area contributed by atoms with Crippen molar-refractivity contribution in [3.63, 3.8) is 0 Å². The summed E-state index contributed by atoms with van der Waals surface area (Å²) in [5.74, 6) is -2.20. The van der Waals surface area contributed by atoms with Crippen molar-refractivity contribution in [2.75, 3.05) is 5.75 Å². The molecule has 0 unspecified atom stereocenters. The number of nitrogens with zero attached hydrogens (tertiary/aromatic N) is 5. The molecule has 5 aromatic rings. The molecule has 1 aliphatic heterocycles. The molecule has 0 bridgehead atoms. The number of thioether (sulfide) groups is 1. The molecule has 3 heterocycles. The van der Waals surface area contributed by atoms with E-state index in [0.29, 0.717) is 23.1 Å². The topological polar surface area (TPSA) is 92.5 Å². The Hall–Kier alpha value is -4.75. The highest BCUT2D eigenvalue weighted by Gasteiger charge is 2.33. The molecule has 6 rings (SSSR count). The largest absolute Gasteiger partial charge is 0.345 e. The minimum Gasteiger partial charge on any atom is -0.345 e. The van der Waals surface area contributed by atoms with Crippen LogP contribution in [-0.4, -0.2) is 43.1 Å². The zero-order valence-corrected chi connectivity index (χ0v) is 24.5. The van der Waals surface area contributed by atoms with Crippen molar-refractivity contribution in [3.05, 3.63) is 130 Å². The maximum Gasteiger partial charge on any atom is 0.254 e. The Labute approximate surface area is 258 Å². The second kappa shape index (κ2) is 12.9. The van der Waals surface area contributed by atoms with Crippen LogP contribution in [0.25, 0.3) is 5.69 Å². The van der Waals surface area contributed by atoms with Crippen molar-refractivity contribution in [3.8, 4) is 5.69 Å². The fourth-order valence-corrected chi connectivity index (χ4v) is 6.27. The van der Waals surface area contributed by atoms with Gasteiger partial charge in [-0.3, -0.25) is 14.2 Å². The molecule has 13 heteroatoms. The van der Waals surface area contributed by atoms with Gasteiger partial charge in [-0.2, -0.15) is 5.10 Å². The lowest BCUT2D eigenvalue weighted by Crippen LogP contribution is -2.28. The van der Waals surface area contributed by atoms with E-state index in [0.717, 1.165) is 27.9 Å². The van der Waals surface area contributed by atoms with Crippen molar-refractivity contribution in [2.45, 2.75) is 24.2 Å². The van der Waals surface area contributed by atoms with Gasteiger partial charge in [0.05, 0.1) is 34.5 Å². The molecule has 0 fully saturated rings. The van der Waals surface area contributed by atoms with Gasteiger partial charge in [-0.25, -0.2) is 18.2 Å². The fourth-order valence-electron chi connectivity index (χ4n) is 4.73. The number of hydrazone groups is 1. The zero-order chi connectivity index (χ0) is 30.6. The minimum atomic E-state index is -0.662. The lowest BCUT2D eigenvalue weighted by Gasteiger charge is -2.22. The van der Waals surface area contributed by atoms with E-state index < -0.39 is 23.6 Å². The second-order valence-electron chi connectivity index (χ2n) is 9.70. The third kappa shape index (κ3) is 6.29. The quantitative estimate of drug-likeness (QED) is 0.197. The number of amides is 2. The van der Waals surface area contributed by atoms with Crippen LogP contribution in [0.15, 0.2) is 101 Å². The van der Waals surface area contributed by atoms with Crippen molar-refractivity contribution in [1.82, 2.24) is 25.1 Å². The van der Waals surface area contributed by atoms with E-state index in [1.165, 1.54) is 70.9 Å². The van der Waals surface area contributed by atoms with Crippen LogP contribution < -0.4 is 5.32 Å². The fraction of sp³-hybridized carbons (Fsp3) is 0.129. The number of rotatable bonds is 9. The molecule has 0 saturated heterocycles. The van der Waals surface area contributed by atoms with E-state index in [4.69, 9.17) is 0 Å². The van der Waals surface area contributed by atoms with Gasteiger partial charge in [-0.05, 0) is 65.5 Å². The molecule has 2 amide bonds. The number of hydrogen-bond acceptors (Lipinski definition) is 7. The summed E-state index contributed by atoms with van der Waals surface area (Å²) in [6, 6.07) is 20.6. The Bertz CT molecular complexity index is 1830. The number of hydrogen-bond donors (Lipinski definition) is 1. The van der Waals surface area contributed by atoms with E-state index in [9.17, 15) is 22.8 Å². The highest BCUT2D eigenvalue weighted by atomic mass is 32.2. The van der Waals surface area contributed by atoms with Crippen LogP contribution in [0, 0.1) is 17.5 Å². The van der Waals surface area contributed by atoms with Gasteiger partial charge >= 0.3 is 0 Å². The molecule has 44 heavy (non-hydrogen) atoms. The zero-order valence-electron chi connectivity index (χ0n) is 22.9. The molecule has 2 aromatic heterocycles. The average molecular weight is 633 g/mol. The van der Waals surface area contributed by atoms with Crippen LogP contribution in [0.4, 0.5) is 13.2 Å². The lowest BCUT2D eigenvalue weighted by molar-refractivity contribution is -0.130. The first-order valence-electron chi connectivity index (χ1n) is 13.4. The van der Waals surface area contributed by atoms with Crippen molar-refractivity contribution in [1.29, 1.82) is 0 Å². The summed E-state index contributed by atoms with van der Waals surface area (Å²) in [4.78, 5) is 27.2. The average Bonchev–Trinajstić information content (AvgIpc) is 3.80. The molecule has 0 spiro atoms. The van der Waals surface area contributed by atoms with Crippen LogP contribution in [0.2, 0.25) is 0 Å². The molecule has 3 aromatic carbocycles. The number of thiophene rings is 1. The van der Waals surface area contributed by atoms with Gasteiger partial charge in [-0.15, -0.1) is 21.5 Å². The van der Waals surface area contributed by atoms with Crippen molar-refractivity contribution < 1.29 is 22.8 Å². The first kappa shape index (κ1) is 29.3. The van der Waals surface area contributed by atoms with Gasteiger partial charge in [-0.1, -0.05) is 42.1 Å². The normalized spacial score (nSPS) is 14.5. The predicted molar refractivity (Wildman–Crippen MR) is 161 cm³/mol. The number of benzene rings is 3. The van der Waals surface area contributed by atoms with Crippen LogP contribution in [0.1, 0.15) is 39.1 Å². The van der Waals surface area contributed by atoms with Crippen LogP contribution >= 0.6 is 23.1 Å². The van der Waals surface area contributed by atoms with Crippen molar-refractivity contribution >= 4 is 40.6 Å². The molecular formula is C31H23F3N6O2S2. The van der Waals surface area contributed by atoms with Gasteiger partial charge in [0.15, 0.2) is 11.0 Å². The van der Waals surface area contributed by atoms with Crippen LogP contribution in [-0.2, 0) is 11.3 Å². The predicted octanol–water partition coefficient (Wildman–Crippen LogP) is 6.15.